The van der Waals surface area contributed by atoms with Gasteiger partial charge in [-0.1, -0.05) is 0 Å². The molecule has 4 heteroatoms. The monoisotopic (exact) mass is 158 g/mol. The summed E-state index contributed by atoms with van der Waals surface area (Å²) in [6, 6.07) is 0. The van der Waals surface area contributed by atoms with Gasteiger partial charge in [-0.25, -0.2) is 14.7 Å². The van der Waals surface area contributed by atoms with Crippen LogP contribution in [0.25, 0.3) is 0 Å². The molecule has 0 saturated carbocycles. The van der Waals surface area contributed by atoms with E-state index in [1.54, 1.807) is 14.7 Å². The summed E-state index contributed by atoms with van der Waals surface area (Å²) in [4.78, 5) is 5.36. The Kier molecular flexibility index (Phi) is 1.02. The van der Waals surface area contributed by atoms with E-state index in [2.05, 4.69) is 5.73 Å². The Hall–Kier alpha value is -0.160. The predicted molar refractivity (Wildman–Crippen MR) is 37.7 cm³/mol. The van der Waals surface area contributed by atoms with Crippen LogP contribution in [-0.2, 0) is 0 Å². The van der Waals surface area contributed by atoms with Crippen LogP contribution in [0.3, 0.4) is 0 Å². The lowest BCUT2D eigenvalue weighted by atomic mass is 9.92. The lowest BCUT2D eigenvalue weighted by molar-refractivity contribution is -1.30. The van der Waals surface area contributed by atoms with Crippen molar-refractivity contribution in [2.45, 2.75) is 5.54 Å². The van der Waals surface area contributed by atoms with Gasteiger partial charge in [-0.2, -0.15) is 0 Å². The van der Waals surface area contributed by atoms with Gasteiger partial charge in [0.15, 0.2) is 19.6 Å². The predicted octanol–water partition coefficient (Wildman–Crippen LogP) is -6.46. The van der Waals surface area contributed by atoms with Crippen molar-refractivity contribution in [3.05, 3.63) is 0 Å². The van der Waals surface area contributed by atoms with Crippen LogP contribution in [0.15, 0.2) is 0 Å². The van der Waals surface area contributed by atoms with Crippen molar-refractivity contribution in [3.63, 3.8) is 0 Å². The molecule has 4 rings (SSSR count). The van der Waals surface area contributed by atoms with E-state index in [0.717, 1.165) is 0 Å². The van der Waals surface area contributed by atoms with Crippen molar-refractivity contribution >= 4 is 0 Å². The fraction of sp³-hybridized carbons (Fsp3) is 1.00. The topological polar surface area (TPSA) is 41.0 Å². The zero-order valence-corrected chi connectivity index (χ0v) is 6.95. The molecule has 0 spiro atoms. The van der Waals surface area contributed by atoms with Crippen LogP contribution in [0, 0.1) is 0 Å². The van der Waals surface area contributed by atoms with Gasteiger partial charge in [-0.3, -0.25) is 0 Å². The van der Waals surface area contributed by atoms with Gasteiger partial charge in [0.2, 0.25) is 25.5 Å². The van der Waals surface area contributed by atoms with E-state index in [1.807, 2.05) is 0 Å². The highest BCUT2D eigenvalue weighted by Crippen LogP contribution is 1.92. The van der Waals surface area contributed by atoms with E-state index in [9.17, 15) is 0 Å². The molecule has 6 N–H and O–H groups in total. The fourth-order valence-electron chi connectivity index (χ4n) is 3.40. The number of nitrogens with one attached hydrogen (secondary N) is 3. The first-order valence-corrected chi connectivity index (χ1v) is 4.60. The Morgan fingerprint density at radius 2 is 1.18 bits per heavy atom. The molecule has 0 aliphatic carbocycles. The standard InChI is InChI=1S/C7H14N4/c8-7-1-9-4-10(2-7)6-11(3-7)5-9/h1-6,8H2/p+4. The first-order chi connectivity index (χ1) is 5.23. The van der Waals surface area contributed by atoms with Crippen molar-refractivity contribution < 1.29 is 20.4 Å². The molecule has 11 heavy (non-hydrogen) atoms. The van der Waals surface area contributed by atoms with Crippen molar-refractivity contribution in [1.29, 1.82) is 0 Å². The van der Waals surface area contributed by atoms with Crippen molar-refractivity contribution in [1.82, 2.24) is 0 Å². The SMILES string of the molecule is [NH3+]C12C[NH+]3C[NH+](C[NH+](C3)C1)C2. The largest absolute Gasteiger partial charge is 0.338 e. The minimum atomic E-state index is 0.439. The van der Waals surface area contributed by atoms with Gasteiger partial charge >= 0.3 is 0 Å². The highest BCUT2D eigenvalue weighted by atomic mass is 15.5. The van der Waals surface area contributed by atoms with Crippen LogP contribution in [-0.4, -0.2) is 45.2 Å². The van der Waals surface area contributed by atoms with Crippen molar-refractivity contribution in [3.8, 4) is 0 Å². The molecule has 0 aromatic carbocycles. The van der Waals surface area contributed by atoms with E-state index in [0.29, 0.717) is 5.54 Å². The zero-order valence-electron chi connectivity index (χ0n) is 6.95. The summed E-state index contributed by atoms with van der Waals surface area (Å²) in [6.45, 7) is 8.09. The quantitative estimate of drug-likeness (QED) is 0.271. The van der Waals surface area contributed by atoms with Crippen LogP contribution >= 0.6 is 0 Å². The molecule has 62 valence electrons. The molecule has 4 fully saturated rings. The minimum absolute atomic E-state index is 0.439. The summed E-state index contributed by atoms with van der Waals surface area (Å²) < 4.78 is 0. The van der Waals surface area contributed by atoms with Crippen LogP contribution in [0.5, 0.6) is 0 Å². The smallest absolute Gasteiger partial charge is 0.242 e. The van der Waals surface area contributed by atoms with E-state index in [4.69, 9.17) is 0 Å². The first-order valence-electron chi connectivity index (χ1n) is 4.60. The van der Waals surface area contributed by atoms with E-state index >= 15 is 0 Å². The van der Waals surface area contributed by atoms with Crippen LogP contribution in [0.4, 0.5) is 0 Å². The number of hydrogen-bond acceptors (Lipinski definition) is 0. The van der Waals surface area contributed by atoms with Crippen LogP contribution < -0.4 is 20.4 Å². The normalized spacial score (nSPS) is 60.3. The third-order valence-corrected chi connectivity index (χ3v) is 3.37. The lowest BCUT2D eigenvalue weighted by Crippen LogP contribution is -3.57. The van der Waals surface area contributed by atoms with Gasteiger partial charge in [-0.15, -0.1) is 0 Å². The van der Waals surface area contributed by atoms with Gasteiger partial charge in [0, 0.05) is 0 Å². The lowest BCUT2D eigenvalue weighted by Gasteiger charge is -2.48. The molecule has 0 unspecified atom stereocenters. The Labute approximate surface area is 66.5 Å². The second-order valence-corrected chi connectivity index (χ2v) is 4.81. The molecule has 0 atom stereocenters. The summed E-state index contributed by atoms with van der Waals surface area (Å²) in [5.74, 6) is 0. The molecular formula is C7H18N4+4. The minimum Gasteiger partial charge on any atom is -0.338 e. The van der Waals surface area contributed by atoms with E-state index in [1.165, 1.54) is 39.6 Å². The summed E-state index contributed by atoms with van der Waals surface area (Å²) in [5, 5.41) is 0. The summed E-state index contributed by atoms with van der Waals surface area (Å²) >= 11 is 0. The number of rotatable bonds is 0. The molecule has 4 aliphatic heterocycles. The van der Waals surface area contributed by atoms with Crippen LogP contribution in [0.1, 0.15) is 0 Å². The Balaban J connectivity index is 1.94. The van der Waals surface area contributed by atoms with Gasteiger partial charge in [0.25, 0.3) is 0 Å². The molecule has 4 saturated heterocycles. The number of hydrogen-bond donors (Lipinski definition) is 4. The Morgan fingerprint density at radius 1 is 0.818 bits per heavy atom. The van der Waals surface area contributed by atoms with Gasteiger partial charge in [-0.05, 0) is 0 Å². The van der Waals surface area contributed by atoms with Gasteiger partial charge in [0.05, 0.1) is 0 Å². The van der Waals surface area contributed by atoms with Gasteiger partial charge in [0.1, 0.15) is 0 Å². The molecule has 0 aromatic rings. The highest BCUT2D eigenvalue weighted by Gasteiger charge is 2.58. The molecule has 4 bridgehead atoms. The second-order valence-electron chi connectivity index (χ2n) is 4.81. The highest BCUT2D eigenvalue weighted by molar-refractivity contribution is 4.77. The molecular weight excluding hydrogens is 140 g/mol. The average molecular weight is 158 g/mol. The third-order valence-electron chi connectivity index (χ3n) is 3.37. The summed E-state index contributed by atoms with van der Waals surface area (Å²) in [7, 11) is 0. The molecule has 4 aliphatic rings. The molecule has 4 heterocycles. The van der Waals surface area contributed by atoms with Crippen molar-refractivity contribution in [2.75, 3.05) is 39.6 Å². The first kappa shape index (κ1) is 6.37. The zero-order chi connectivity index (χ0) is 7.47. The average Bonchev–Trinajstić information content (AvgIpc) is 1.79. The molecule has 4 nitrogen and oxygen atoms in total. The van der Waals surface area contributed by atoms with Gasteiger partial charge < -0.3 is 5.73 Å². The summed E-state index contributed by atoms with van der Waals surface area (Å²) in [6.07, 6.45) is 0. The Bertz CT molecular complexity index is 156. The van der Waals surface area contributed by atoms with E-state index in [-0.39, 0.29) is 0 Å². The molecule has 0 amide bonds. The fourth-order valence-corrected chi connectivity index (χ4v) is 3.40. The molecule has 0 radical (unpaired) electrons. The van der Waals surface area contributed by atoms with Crippen molar-refractivity contribution in [2.24, 2.45) is 0 Å². The summed E-state index contributed by atoms with van der Waals surface area (Å²) in [5.41, 5.74) is 4.81. The van der Waals surface area contributed by atoms with Crippen LogP contribution in [0.2, 0.25) is 0 Å². The second kappa shape index (κ2) is 1.77. The maximum atomic E-state index is 4.37. The maximum Gasteiger partial charge on any atom is 0.242 e. The van der Waals surface area contributed by atoms with E-state index < -0.39 is 0 Å². The maximum absolute atomic E-state index is 4.37. The Morgan fingerprint density at radius 3 is 1.45 bits per heavy atom. The molecule has 0 aromatic heterocycles. The number of quaternary nitrogens is 4. The third kappa shape index (κ3) is 0.840.